The summed E-state index contributed by atoms with van der Waals surface area (Å²) in [6, 6.07) is 12.6. The summed E-state index contributed by atoms with van der Waals surface area (Å²) in [4.78, 5) is 42.3. The van der Waals surface area contributed by atoms with E-state index in [0.717, 1.165) is 18.4 Å². The Bertz CT molecular complexity index is 1120. The molecule has 0 aromatic heterocycles. The van der Waals surface area contributed by atoms with Crippen LogP contribution in [0.4, 0.5) is 4.79 Å². The molecular formula is C30H41N3O5. The minimum Gasteiger partial charge on any atom is -0.508 e. The molecule has 0 heterocycles. The van der Waals surface area contributed by atoms with E-state index in [1.807, 2.05) is 44.2 Å². The molecule has 3 amide bonds. The predicted molar refractivity (Wildman–Crippen MR) is 146 cm³/mol. The van der Waals surface area contributed by atoms with Crippen LogP contribution in [0, 0.1) is 12.8 Å². The van der Waals surface area contributed by atoms with Crippen LogP contribution < -0.4 is 10.6 Å². The van der Waals surface area contributed by atoms with E-state index >= 15 is 0 Å². The Kier molecular flexibility index (Phi) is 9.41. The summed E-state index contributed by atoms with van der Waals surface area (Å²) in [6.07, 6.45) is 1.52. The van der Waals surface area contributed by atoms with Gasteiger partial charge in [0, 0.05) is 12.6 Å². The number of carbonyl (C=O) groups is 3. The summed E-state index contributed by atoms with van der Waals surface area (Å²) in [5.41, 5.74) is 1.44. The highest BCUT2D eigenvalue weighted by atomic mass is 16.6. The van der Waals surface area contributed by atoms with E-state index in [1.54, 1.807) is 50.8 Å². The van der Waals surface area contributed by atoms with Crippen LogP contribution >= 0.6 is 0 Å². The molecule has 1 saturated carbocycles. The Balaban J connectivity index is 1.97. The monoisotopic (exact) mass is 523 g/mol. The number of carbonyl (C=O) groups excluding carboxylic acids is 3. The van der Waals surface area contributed by atoms with Crippen molar-refractivity contribution in [2.75, 3.05) is 0 Å². The number of nitrogens with zero attached hydrogens (tertiary/aromatic N) is 1. The SMILES string of the molecule is CCC(C)C(NC(=O)OC(C)(C)C)C(=O)N(C1CC1)C(C(=O)NCc1ccccc1)c1ccc(O)c(C)c1. The van der Waals surface area contributed by atoms with Gasteiger partial charge in [0.05, 0.1) is 0 Å². The fourth-order valence-electron chi connectivity index (χ4n) is 4.32. The van der Waals surface area contributed by atoms with E-state index in [2.05, 4.69) is 10.6 Å². The summed E-state index contributed by atoms with van der Waals surface area (Å²) in [5, 5.41) is 15.9. The smallest absolute Gasteiger partial charge is 0.408 e. The van der Waals surface area contributed by atoms with Gasteiger partial charge in [0.1, 0.15) is 23.4 Å². The van der Waals surface area contributed by atoms with Crippen LogP contribution in [-0.4, -0.2) is 45.6 Å². The topological polar surface area (TPSA) is 108 Å². The van der Waals surface area contributed by atoms with Gasteiger partial charge in [0.25, 0.3) is 0 Å². The second-order valence-corrected chi connectivity index (χ2v) is 11.1. The predicted octanol–water partition coefficient (Wildman–Crippen LogP) is 4.99. The van der Waals surface area contributed by atoms with Crippen molar-refractivity contribution in [2.45, 2.75) is 91.1 Å². The van der Waals surface area contributed by atoms with Crippen molar-refractivity contribution in [3.05, 3.63) is 65.2 Å². The maximum atomic E-state index is 14.2. The lowest BCUT2D eigenvalue weighted by Gasteiger charge is -2.36. The largest absolute Gasteiger partial charge is 0.508 e. The lowest BCUT2D eigenvalue weighted by molar-refractivity contribution is -0.144. The molecule has 38 heavy (non-hydrogen) atoms. The van der Waals surface area contributed by atoms with Crippen LogP contribution in [0.25, 0.3) is 0 Å². The third kappa shape index (κ3) is 7.73. The summed E-state index contributed by atoms with van der Waals surface area (Å²) >= 11 is 0. The number of aromatic hydroxyl groups is 1. The lowest BCUT2D eigenvalue weighted by Crippen LogP contribution is -2.55. The summed E-state index contributed by atoms with van der Waals surface area (Å²) in [6.45, 7) is 11.2. The van der Waals surface area contributed by atoms with E-state index in [-0.39, 0.29) is 29.5 Å². The Morgan fingerprint density at radius 1 is 1.11 bits per heavy atom. The molecule has 0 aliphatic heterocycles. The first-order valence-corrected chi connectivity index (χ1v) is 13.3. The van der Waals surface area contributed by atoms with Gasteiger partial charge in [0.15, 0.2) is 0 Å². The van der Waals surface area contributed by atoms with Crippen molar-refractivity contribution in [3.8, 4) is 5.75 Å². The van der Waals surface area contributed by atoms with Gasteiger partial charge < -0.3 is 25.4 Å². The lowest BCUT2D eigenvalue weighted by atomic mass is 9.95. The molecule has 1 aliphatic carbocycles. The molecular weight excluding hydrogens is 482 g/mol. The molecule has 3 unspecified atom stereocenters. The maximum absolute atomic E-state index is 14.2. The Labute approximate surface area is 225 Å². The highest BCUT2D eigenvalue weighted by Crippen LogP contribution is 2.37. The van der Waals surface area contributed by atoms with E-state index in [0.29, 0.717) is 24.1 Å². The first-order chi connectivity index (χ1) is 17.9. The molecule has 0 saturated heterocycles. The third-order valence-electron chi connectivity index (χ3n) is 6.72. The molecule has 206 valence electrons. The molecule has 3 N–H and O–H groups in total. The molecule has 0 spiro atoms. The van der Waals surface area contributed by atoms with Gasteiger partial charge in [-0.2, -0.15) is 0 Å². The van der Waals surface area contributed by atoms with E-state index in [4.69, 9.17) is 4.74 Å². The molecule has 3 atom stereocenters. The highest BCUT2D eigenvalue weighted by Gasteiger charge is 2.45. The molecule has 1 fully saturated rings. The van der Waals surface area contributed by atoms with Crippen LogP contribution in [0.3, 0.4) is 0 Å². The number of alkyl carbamates (subject to hydrolysis) is 1. The third-order valence-corrected chi connectivity index (χ3v) is 6.72. The minimum atomic E-state index is -0.926. The fourth-order valence-corrected chi connectivity index (χ4v) is 4.32. The molecule has 8 heteroatoms. The van der Waals surface area contributed by atoms with Gasteiger partial charge in [-0.05, 0) is 75.3 Å². The second-order valence-electron chi connectivity index (χ2n) is 11.1. The van der Waals surface area contributed by atoms with E-state index in [9.17, 15) is 19.5 Å². The number of hydrogen-bond acceptors (Lipinski definition) is 5. The zero-order valence-corrected chi connectivity index (χ0v) is 23.3. The molecule has 8 nitrogen and oxygen atoms in total. The highest BCUT2D eigenvalue weighted by molar-refractivity contribution is 5.92. The van der Waals surface area contributed by atoms with Crippen molar-refractivity contribution in [2.24, 2.45) is 5.92 Å². The van der Waals surface area contributed by atoms with Gasteiger partial charge >= 0.3 is 6.09 Å². The van der Waals surface area contributed by atoms with Crippen LogP contribution in [0.5, 0.6) is 5.75 Å². The van der Waals surface area contributed by atoms with Gasteiger partial charge in [-0.15, -0.1) is 0 Å². The summed E-state index contributed by atoms with van der Waals surface area (Å²) in [7, 11) is 0. The maximum Gasteiger partial charge on any atom is 0.408 e. The average Bonchev–Trinajstić information content (AvgIpc) is 3.70. The average molecular weight is 524 g/mol. The van der Waals surface area contributed by atoms with Crippen molar-refractivity contribution in [3.63, 3.8) is 0 Å². The summed E-state index contributed by atoms with van der Waals surface area (Å²) in [5.74, 6) is -0.714. The number of amides is 3. The molecule has 2 aromatic rings. The quantitative estimate of drug-likeness (QED) is 0.407. The van der Waals surface area contributed by atoms with Crippen LogP contribution in [-0.2, 0) is 20.9 Å². The van der Waals surface area contributed by atoms with Crippen molar-refractivity contribution >= 4 is 17.9 Å². The Morgan fingerprint density at radius 2 is 1.76 bits per heavy atom. The zero-order chi connectivity index (χ0) is 28.0. The molecule has 0 bridgehead atoms. The van der Waals surface area contributed by atoms with E-state index in [1.165, 1.54) is 0 Å². The number of benzene rings is 2. The zero-order valence-electron chi connectivity index (χ0n) is 23.3. The van der Waals surface area contributed by atoms with Gasteiger partial charge in [-0.25, -0.2) is 4.79 Å². The number of hydrogen-bond donors (Lipinski definition) is 3. The normalized spacial score (nSPS) is 15.6. The first kappa shape index (κ1) is 29.0. The number of ether oxygens (including phenoxy) is 1. The van der Waals surface area contributed by atoms with Crippen LogP contribution in [0.1, 0.15) is 76.6 Å². The van der Waals surface area contributed by atoms with Crippen molar-refractivity contribution in [1.82, 2.24) is 15.5 Å². The first-order valence-electron chi connectivity index (χ1n) is 13.3. The van der Waals surface area contributed by atoms with Gasteiger partial charge in [-0.1, -0.05) is 56.7 Å². The minimum absolute atomic E-state index is 0.116. The molecule has 3 rings (SSSR count). The standard InChI is InChI=1S/C30H41N3O5/c1-7-19(2)25(32-29(37)38-30(4,5)6)28(36)33(23-14-15-23)26(22-13-16-24(34)20(3)17-22)27(35)31-18-21-11-9-8-10-12-21/h8-13,16-17,19,23,25-26,34H,7,14-15,18H2,1-6H3,(H,31,35)(H,32,37). The molecule has 0 radical (unpaired) electrons. The number of phenolic OH excluding ortho intramolecular Hbond substituents is 1. The summed E-state index contributed by atoms with van der Waals surface area (Å²) < 4.78 is 5.45. The number of rotatable bonds is 10. The molecule has 1 aliphatic rings. The Hall–Kier alpha value is -3.55. The van der Waals surface area contributed by atoms with Crippen LogP contribution in [0.15, 0.2) is 48.5 Å². The van der Waals surface area contributed by atoms with E-state index < -0.39 is 23.8 Å². The Morgan fingerprint density at radius 3 is 2.32 bits per heavy atom. The van der Waals surface area contributed by atoms with Crippen molar-refractivity contribution < 1.29 is 24.2 Å². The number of phenols is 1. The van der Waals surface area contributed by atoms with Gasteiger partial charge in [0.2, 0.25) is 11.8 Å². The molecule has 2 aromatic carbocycles. The fraction of sp³-hybridized carbons (Fsp3) is 0.500. The number of nitrogens with one attached hydrogen (secondary N) is 2. The second kappa shape index (κ2) is 12.3. The van der Waals surface area contributed by atoms with Crippen LogP contribution in [0.2, 0.25) is 0 Å². The number of aryl methyl sites for hydroxylation is 1. The van der Waals surface area contributed by atoms with Gasteiger partial charge in [-0.3, -0.25) is 9.59 Å². The van der Waals surface area contributed by atoms with Crippen molar-refractivity contribution in [1.29, 1.82) is 0 Å².